The molecule has 0 bridgehead atoms. The van der Waals surface area contributed by atoms with Crippen LogP contribution in [0.25, 0.3) is 0 Å². The van der Waals surface area contributed by atoms with Crippen LogP contribution < -0.4 is 5.32 Å². The van der Waals surface area contributed by atoms with E-state index >= 15 is 0 Å². The molecule has 94 valence electrons. The van der Waals surface area contributed by atoms with Gasteiger partial charge in [-0.05, 0) is 18.2 Å². The number of rotatable bonds is 2. The summed E-state index contributed by atoms with van der Waals surface area (Å²) in [5, 5.41) is 7.92. The van der Waals surface area contributed by atoms with Gasteiger partial charge in [-0.15, -0.1) is 0 Å². The number of hydrogen-bond acceptors (Lipinski definition) is 3. The quantitative estimate of drug-likeness (QED) is 0.908. The Bertz CT molecular complexity index is 528. The number of nitrogens with zero attached hydrogens (tertiary/aromatic N) is 2. The highest BCUT2D eigenvalue weighted by molar-refractivity contribution is 9.10. The Morgan fingerprint density at radius 1 is 1.44 bits per heavy atom. The number of nitrogens with one attached hydrogen (secondary N) is 1. The molecule has 0 aliphatic carbocycles. The predicted molar refractivity (Wildman–Crippen MR) is 72.2 cm³/mol. The molecule has 1 aliphatic rings. The maximum Gasteiger partial charge on any atom is 0.271 e. The molecular weight excluding hydrogens is 298 g/mol. The van der Waals surface area contributed by atoms with E-state index in [2.05, 4.69) is 26.3 Å². The zero-order chi connectivity index (χ0) is 13.1. The van der Waals surface area contributed by atoms with Crippen LogP contribution in [0.4, 0.5) is 5.69 Å². The number of anilines is 1. The molecule has 1 N–H and O–H groups in total. The second kappa shape index (κ2) is 5.30. The lowest BCUT2D eigenvalue weighted by Crippen LogP contribution is -2.34. The van der Waals surface area contributed by atoms with Crippen LogP contribution in [0.15, 0.2) is 33.8 Å². The minimum absolute atomic E-state index is 0.0750. The molecule has 2 amide bonds. The second-order valence-corrected chi connectivity index (χ2v) is 4.84. The monoisotopic (exact) mass is 309 g/mol. The number of carbonyl (C=O) groups is 2. The predicted octanol–water partition coefficient (Wildman–Crippen LogP) is 2.00. The van der Waals surface area contributed by atoms with Gasteiger partial charge >= 0.3 is 0 Å². The van der Waals surface area contributed by atoms with Crippen molar-refractivity contribution in [2.24, 2.45) is 5.10 Å². The average molecular weight is 310 g/mol. The normalized spacial score (nSPS) is 15.3. The zero-order valence-electron chi connectivity index (χ0n) is 9.81. The molecule has 0 fully saturated rings. The molecule has 0 unspecified atom stereocenters. The summed E-state index contributed by atoms with van der Waals surface area (Å²) in [4.78, 5) is 23.2. The standard InChI is InChI=1S/C12H12BrN3O2/c1-16-11(17)6-5-10(15-16)12(18)14-9-4-2-3-8(13)7-9/h2-4,7H,5-6H2,1H3,(H,14,18). The van der Waals surface area contributed by atoms with Crippen molar-refractivity contribution in [3.8, 4) is 0 Å². The second-order valence-electron chi connectivity index (χ2n) is 3.93. The van der Waals surface area contributed by atoms with E-state index in [0.29, 0.717) is 24.2 Å². The molecule has 0 spiro atoms. The highest BCUT2D eigenvalue weighted by atomic mass is 79.9. The highest BCUT2D eigenvalue weighted by Crippen LogP contribution is 2.16. The van der Waals surface area contributed by atoms with Gasteiger partial charge in [0, 0.05) is 30.0 Å². The van der Waals surface area contributed by atoms with Crippen LogP contribution in [-0.2, 0) is 9.59 Å². The van der Waals surface area contributed by atoms with Crippen LogP contribution in [-0.4, -0.2) is 29.6 Å². The van der Waals surface area contributed by atoms with Gasteiger partial charge in [-0.2, -0.15) is 5.10 Å². The van der Waals surface area contributed by atoms with E-state index in [9.17, 15) is 9.59 Å². The minimum atomic E-state index is -0.271. The van der Waals surface area contributed by atoms with E-state index in [1.54, 1.807) is 19.2 Å². The Morgan fingerprint density at radius 3 is 2.89 bits per heavy atom. The summed E-state index contributed by atoms with van der Waals surface area (Å²) < 4.78 is 0.887. The molecule has 1 aliphatic heterocycles. The van der Waals surface area contributed by atoms with Crippen molar-refractivity contribution in [1.82, 2.24) is 5.01 Å². The summed E-state index contributed by atoms with van der Waals surface area (Å²) in [5.41, 5.74) is 1.06. The highest BCUT2D eigenvalue weighted by Gasteiger charge is 2.21. The molecule has 1 heterocycles. The lowest BCUT2D eigenvalue weighted by molar-refractivity contribution is -0.130. The third-order valence-corrected chi connectivity index (χ3v) is 3.05. The van der Waals surface area contributed by atoms with Crippen LogP contribution in [0.3, 0.4) is 0 Å². The summed E-state index contributed by atoms with van der Waals surface area (Å²) in [6, 6.07) is 7.30. The number of hydrogen-bond donors (Lipinski definition) is 1. The van der Waals surface area contributed by atoms with Gasteiger partial charge in [0.2, 0.25) is 5.91 Å². The molecule has 0 radical (unpaired) electrons. The first-order valence-corrected chi connectivity index (χ1v) is 6.26. The van der Waals surface area contributed by atoms with Crippen molar-refractivity contribution >= 4 is 39.1 Å². The van der Waals surface area contributed by atoms with Gasteiger partial charge in [0.15, 0.2) is 0 Å². The summed E-state index contributed by atoms with van der Waals surface area (Å²) in [6.07, 6.45) is 0.699. The van der Waals surface area contributed by atoms with Crippen LogP contribution in [0.5, 0.6) is 0 Å². The van der Waals surface area contributed by atoms with Gasteiger partial charge in [0.25, 0.3) is 5.91 Å². The van der Waals surface area contributed by atoms with Gasteiger partial charge in [-0.3, -0.25) is 9.59 Å². The minimum Gasteiger partial charge on any atom is -0.321 e. The molecule has 6 heteroatoms. The van der Waals surface area contributed by atoms with Crippen molar-refractivity contribution in [3.63, 3.8) is 0 Å². The first kappa shape index (κ1) is 12.8. The fraction of sp³-hybridized carbons (Fsp3) is 0.250. The maximum atomic E-state index is 11.9. The van der Waals surface area contributed by atoms with E-state index in [-0.39, 0.29) is 11.8 Å². The van der Waals surface area contributed by atoms with Crippen LogP contribution in [0.2, 0.25) is 0 Å². The molecule has 1 aromatic rings. The van der Waals surface area contributed by atoms with E-state index in [1.165, 1.54) is 5.01 Å². The molecule has 2 rings (SSSR count). The van der Waals surface area contributed by atoms with Gasteiger partial charge in [-0.25, -0.2) is 5.01 Å². The van der Waals surface area contributed by atoms with Crippen molar-refractivity contribution in [3.05, 3.63) is 28.7 Å². The van der Waals surface area contributed by atoms with Gasteiger partial charge in [-0.1, -0.05) is 22.0 Å². The number of amides is 2. The van der Waals surface area contributed by atoms with Crippen LogP contribution >= 0.6 is 15.9 Å². The number of benzene rings is 1. The first-order valence-electron chi connectivity index (χ1n) is 5.47. The van der Waals surface area contributed by atoms with Crippen molar-refractivity contribution in [2.75, 3.05) is 12.4 Å². The summed E-state index contributed by atoms with van der Waals surface area (Å²) in [6.45, 7) is 0. The van der Waals surface area contributed by atoms with Crippen LogP contribution in [0.1, 0.15) is 12.8 Å². The van der Waals surface area contributed by atoms with Crippen molar-refractivity contribution in [1.29, 1.82) is 0 Å². The zero-order valence-corrected chi connectivity index (χ0v) is 11.4. The fourth-order valence-electron chi connectivity index (χ4n) is 1.60. The van der Waals surface area contributed by atoms with Gasteiger partial charge < -0.3 is 5.32 Å². The molecule has 5 nitrogen and oxygen atoms in total. The molecule has 0 atom stereocenters. The Hall–Kier alpha value is -1.69. The first-order chi connectivity index (χ1) is 8.56. The number of halogens is 1. The Labute approximate surface area is 113 Å². The lowest BCUT2D eigenvalue weighted by atomic mass is 10.1. The molecule has 0 saturated heterocycles. The average Bonchev–Trinajstić information content (AvgIpc) is 2.32. The van der Waals surface area contributed by atoms with E-state index in [1.807, 2.05) is 12.1 Å². The van der Waals surface area contributed by atoms with Crippen LogP contribution in [0, 0.1) is 0 Å². The molecular formula is C12H12BrN3O2. The third-order valence-electron chi connectivity index (χ3n) is 2.55. The summed E-state index contributed by atoms with van der Waals surface area (Å²) in [5.74, 6) is -0.346. The Morgan fingerprint density at radius 2 is 2.22 bits per heavy atom. The van der Waals surface area contributed by atoms with E-state index in [4.69, 9.17) is 0 Å². The molecule has 18 heavy (non-hydrogen) atoms. The molecule has 0 aromatic heterocycles. The summed E-state index contributed by atoms with van der Waals surface area (Å²) >= 11 is 3.33. The fourth-order valence-corrected chi connectivity index (χ4v) is 2.00. The molecule has 0 saturated carbocycles. The third kappa shape index (κ3) is 2.95. The van der Waals surface area contributed by atoms with Gasteiger partial charge in [0.05, 0.1) is 0 Å². The number of hydrazone groups is 1. The topological polar surface area (TPSA) is 61.8 Å². The largest absolute Gasteiger partial charge is 0.321 e. The molecule has 1 aromatic carbocycles. The maximum absolute atomic E-state index is 11.9. The Balaban J connectivity index is 2.09. The number of carbonyl (C=O) groups excluding carboxylic acids is 2. The smallest absolute Gasteiger partial charge is 0.271 e. The lowest BCUT2D eigenvalue weighted by Gasteiger charge is -2.18. The van der Waals surface area contributed by atoms with E-state index in [0.717, 1.165) is 4.47 Å². The van der Waals surface area contributed by atoms with E-state index < -0.39 is 0 Å². The van der Waals surface area contributed by atoms with Crippen molar-refractivity contribution < 1.29 is 9.59 Å². The SMILES string of the molecule is CN1N=C(C(=O)Nc2cccc(Br)c2)CCC1=O. The Kier molecular flexibility index (Phi) is 3.76. The van der Waals surface area contributed by atoms with Gasteiger partial charge in [0.1, 0.15) is 5.71 Å². The van der Waals surface area contributed by atoms with Crippen molar-refractivity contribution in [2.45, 2.75) is 12.8 Å². The summed E-state index contributed by atoms with van der Waals surface area (Å²) in [7, 11) is 1.55.